The summed E-state index contributed by atoms with van der Waals surface area (Å²) in [5, 5.41) is 3.12. The highest BCUT2D eigenvalue weighted by Gasteiger charge is 2.04. The van der Waals surface area contributed by atoms with Gasteiger partial charge in [-0.3, -0.25) is 0 Å². The molecule has 0 atom stereocenters. The molecule has 0 aliphatic carbocycles. The number of rotatable bonds is 5. The first-order valence-corrected chi connectivity index (χ1v) is 5.26. The van der Waals surface area contributed by atoms with Gasteiger partial charge in [0.15, 0.2) is 0 Å². The Morgan fingerprint density at radius 2 is 2.20 bits per heavy atom. The minimum atomic E-state index is 0.467. The number of anilines is 2. The van der Waals surface area contributed by atoms with Gasteiger partial charge in [0.1, 0.15) is 5.82 Å². The second kappa shape index (κ2) is 5.44. The van der Waals surface area contributed by atoms with Gasteiger partial charge in [-0.05, 0) is 25.0 Å². The molecule has 1 aromatic rings. The lowest BCUT2D eigenvalue weighted by Crippen LogP contribution is -2.09. The Hall–Kier alpha value is -1.45. The van der Waals surface area contributed by atoms with Crippen LogP contribution in [0.5, 0.6) is 5.88 Å². The molecule has 0 amide bonds. The second-order valence-corrected chi connectivity index (χ2v) is 3.83. The van der Waals surface area contributed by atoms with Crippen molar-refractivity contribution in [2.45, 2.75) is 20.8 Å². The SMILES string of the molecule is CCNc1ccc(N)c(OCC(C)C)n1. The van der Waals surface area contributed by atoms with Crippen molar-refractivity contribution in [3.63, 3.8) is 0 Å². The molecule has 3 N–H and O–H groups in total. The molecule has 0 aromatic carbocycles. The van der Waals surface area contributed by atoms with Crippen LogP contribution in [0.1, 0.15) is 20.8 Å². The van der Waals surface area contributed by atoms with Gasteiger partial charge < -0.3 is 15.8 Å². The molecule has 1 aromatic heterocycles. The zero-order valence-electron chi connectivity index (χ0n) is 9.58. The van der Waals surface area contributed by atoms with Crippen LogP contribution in [0.3, 0.4) is 0 Å². The minimum absolute atomic E-state index is 0.467. The third-order valence-corrected chi connectivity index (χ3v) is 1.80. The fraction of sp³-hybridized carbons (Fsp3) is 0.545. The molecule has 4 heteroatoms. The van der Waals surface area contributed by atoms with Crippen molar-refractivity contribution in [1.82, 2.24) is 4.98 Å². The van der Waals surface area contributed by atoms with Crippen molar-refractivity contribution in [2.75, 3.05) is 24.2 Å². The molecule has 84 valence electrons. The first kappa shape index (κ1) is 11.6. The van der Waals surface area contributed by atoms with Crippen LogP contribution in [0, 0.1) is 5.92 Å². The lowest BCUT2D eigenvalue weighted by Gasteiger charge is -2.11. The standard InChI is InChI=1S/C11H19N3O/c1-4-13-10-6-5-9(12)11(14-10)15-7-8(2)3/h5-6,8H,4,7,12H2,1-3H3,(H,13,14). The number of hydrogen-bond acceptors (Lipinski definition) is 4. The molecule has 1 heterocycles. The van der Waals surface area contributed by atoms with Crippen LogP contribution in [0.15, 0.2) is 12.1 Å². The normalized spacial score (nSPS) is 10.4. The monoisotopic (exact) mass is 209 g/mol. The van der Waals surface area contributed by atoms with E-state index < -0.39 is 0 Å². The summed E-state index contributed by atoms with van der Waals surface area (Å²) in [4.78, 5) is 4.28. The highest BCUT2D eigenvalue weighted by atomic mass is 16.5. The molecule has 0 aliphatic heterocycles. The maximum Gasteiger partial charge on any atom is 0.239 e. The maximum atomic E-state index is 5.76. The predicted octanol–water partition coefficient (Wildman–Crippen LogP) is 2.13. The molecule has 0 unspecified atom stereocenters. The summed E-state index contributed by atoms with van der Waals surface area (Å²) in [5.41, 5.74) is 6.34. The summed E-state index contributed by atoms with van der Waals surface area (Å²) in [7, 11) is 0. The molecule has 4 nitrogen and oxygen atoms in total. The number of nitrogens with one attached hydrogen (secondary N) is 1. The molecule has 0 saturated heterocycles. The molecule has 0 bridgehead atoms. The van der Waals surface area contributed by atoms with E-state index in [-0.39, 0.29) is 0 Å². The molecular weight excluding hydrogens is 190 g/mol. The van der Waals surface area contributed by atoms with Crippen molar-refractivity contribution >= 4 is 11.5 Å². The van der Waals surface area contributed by atoms with Crippen LogP contribution >= 0.6 is 0 Å². The van der Waals surface area contributed by atoms with Gasteiger partial charge in [0.25, 0.3) is 0 Å². The number of ether oxygens (including phenoxy) is 1. The van der Waals surface area contributed by atoms with E-state index in [4.69, 9.17) is 10.5 Å². The Kier molecular flexibility index (Phi) is 4.21. The molecule has 0 radical (unpaired) electrons. The molecule has 0 fully saturated rings. The average molecular weight is 209 g/mol. The topological polar surface area (TPSA) is 60.2 Å². The van der Waals surface area contributed by atoms with Gasteiger partial charge in [0, 0.05) is 6.54 Å². The van der Waals surface area contributed by atoms with Crippen molar-refractivity contribution in [3.8, 4) is 5.88 Å². The van der Waals surface area contributed by atoms with Crippen LogP contribution in [0.25, 0.3) is 0 Å². The van der Waals surface area contributed by atoms with Gasteiger partial charge in [0.05, 0.1) is 12.3 Å². The Balaban J connectivity index is 2.71. The van der Waals surface area contributed by atoms with Gasteiger partial charge in [-0.2, -0.15) is 4.98 Å². The van der Waals surface area contributed by atoms with Gasteiger partial charge in [0.2, 0.25) is 5.88 Å². The van der Waals surface area contributed by atoms with Crippen molar-refractivity contribution in [1.29, 1.82) is 0 Å². The number of hydrogen-bond donors (Lipinski definition) is 2. The fourth-order valence-electron chi connectivity index (χ4n) is 1.09. The van der Waals surface area contributed by atoms with Crippen molar-refractivity contribution in [2.24, 2.45) is 5.92 Å². The number of pyridine rings is 1. The first-order valence-electron chi connectivity index (χ1n) is 5.26. The van der Waals surface area contributed by atoms with E-state index in [1.165, 1.54) is 0 Å². The van der Waals surface area contributed by atoms with E-state index >= 15 is 0 Å². The van der Waals surface area contributed by atoms with Crippen molar-refractivity contribution in [3.05, 3.63) is 12.1 Å². The maximum absolute atomic E-state index is 5.76. The summed E-state index contributed by atoms with van der Waals surface area (Å²) >= 11 is 0. The largest absolute Gasteiger partial charge is 0.476 e. The Morgan fingerprint density at radius 1 is 1.47 bits per heavy atom. The summed E-state index contributed by atoms with van der Waals surface area (Å²) in [6.07, 6.45) is 0. The zero-order chi connectivity index (χ0) is 11.3. The van der Waals surface area contributed by atoms with E-state index in [9.17, 15) is 0 Å². The quantitative estimate of drug-likeness (QED) is 0.780. The molecule has 15 heavy (non-hydrogen) atoms. The summed E-state index contributed by atoms with van der Waals surface area (Å²) in [6.45, 7) is 7.66. The van der Waals surface area contributed by atoms with Crippen LogP contribution in [-0.2, 0) is 0 Å². The van der Waals surface area contributed by atoms with Crippen LogP contribution in [-0.4, -0.2) is 18.1 Å². The summed E-state index contributed by atoms with van der Waals surface area (Å²) in [6, 6.07) is 3.65. The van der Waals surface area contributed by atoms with Gasteiger partial charge in [-0.15, -0.1) is 0 Å². The summed E-state index contributed by atoms with van der Waals surface area (Å²) < 4.78 is 5.51. The third-order valence-electron chi connectivity index (χ3n) is 1.80. The van der Waals surface area contributed by atoms with Crippen LogP contribution in [0.2, 0.25) is 0 Å². The number of nitrogens with zero attached hydrogens (tertiary/aromatic N) is 1. The van der Waals surface area contributed by atoms with Gasteiger partial charge >= 0.3 is 0 Å². The van der Waals surface area contributed by atoms with Crippen molar-refractivity contribution < 1.29 is 4.74 Å². The van der Waals surface area contributed by atoms with E-state index in [1.54, 1.807) is 6.07 Å². The Morgan fingerprint density at radius 3 is 2.80 bits per heavy atom. The molecule has 0 saturated carbocycles. The smallest absolute Gasteiger partial charge is 0.239 e. The lowest BCUT2D eigenvalue weighted by atomic mass is 10.2. The first-order chi connectivity index (χ1) is 7.13. The number of nitrogen functional groups attached to an aromatic ring is 1. The highest BCUT2D eigenvalue weighted by Crippen LogP contribution is 2.21. The van der Waals surface area contributed by atoms with E-state index in [2.05, 4.69) is 24.1 Å². The highest BCUT2D eigenvalue weighted by molar-refractivity contribution is 5.53. The summed E-state index contributed by atoms with van der Waals surface area (Å²) in [5.74, 6) is 1.78. The third kappa shape index (κ3) is 3.65. The fourth-order valence-corrected chi connectivity index (χ4v) is 1.09. The Labute approximate surface area is 90.8 Å². The number of nitrogens with two attached hydrogens (primary N) is 1. The minimum Gasteiger partial charge on any atom is -0.476 e. The molecule has 1 rings (SSSR count). The van der Waals surface area contributed by atoms with Gasteiger partial charge in [-0.25, -0.2) is 0 Å². The Bertz CT molecular complexity index is 313. The van der Waals surface area contributed by atoms with E-state index in [0.29, 0.717) is 24.1 Å². The second-order valence-electron chi connectivity index (χ2n) is 3.83. The van der Waals surface area contributed by atoms with E-state index in [0.717, 1.165) is 12.4 Å². The van der Waals surface area contributed by atoms with Crippen LogP contribution < -0.4 is 15.8 Å². The van der Waals surface area contributed by atoms with Crippen LogP contribution in [0.4, 0.5) is 11.5 Å². The molecular formula is C11H19N3O. The zero-order valence-corrected chi connectivity index (χ0v) is 9.58. The predicted molar refractivity (Wildman–Crippen MR) is 63.1 cm³/mol. The lowest BCUT2D eigenvalue weighted by molar-refractivity contribution is 0.263. The average Bonchev–Trinajstić information content (AvgIpc) is 2.19. The molecule has 0 spiro atoms. The number of aromatic nitrogens is 1. The van der Waals surface area contributed by atoms with E-state index in [1.807, 2.05) is 13.0 Å². The van der Waals surface area contributed by atoms with Gasteiger partial charge in [-0.1, -0.05) is 13.8 Å². The molecule has 0 aliphatic rings.